The zero-order valence-electron chi connectivity index (χ0n) is 9.39. The molecule has 0 aliphatic carbocycles. The third-order valence-corrected chi connectivity index (χ3v) is 1.34. The first-order chi connectivity index (χ1) is 7.01. The summed E-state index contributed by atoms with van der Waals surface area (Å²) in [5.74, 6) is 0.426. The number of ether oxygens (including phenoxy) is 2. The van der Waals surface area contributed by atoms with Gasteiger partial charge in [-0.3, -0.25) is 4.90 Å². The predicted molar refractivity (Wildman–Crippen MR) is 56.7 cm³/mol. The van der Waals surface area contributed by atoms with Crippen LogP contribution >= 0.6 is 0 Å². The van der Waals surface area contributed by atoms with Crippen LogP contribution in [-0.2, 0) is 9.47 Å². The van der Waals surface area contributed by atoms with Gasteiger partial charge in [0.1, 0.15) is 0 Å². The van der Waals surface area contributed by atoms with Gasteiger partial charge in [-0.1, -0.05) is 0 Å². The summed E-state index contributed by atoms with van der Waals surface area (Å²) in [5.41, 5.74) is 10.1. The second-order valence-electron chi connectivity index (χ2n) is 2.82. The first-order valence-corrected chi connectivity index (χ1v) is 4.16. The third kappa shape index (κ3) is 5.83. The minimum absolute atomic E-state index is 0.178. The highest BCUT2D eigenvalue weighted by atomic mass is 16.7. The number of nitrogens with two attached hydrogens (primary N) is 2. The van der Waals surface area contributed by atoms with Gasteiger partial charge in [-0.05, 0) is 14.1 Å². The van der Waals surface area contributed by atoms with Gasteiger partial charge in [-0.2, -0.15) is 4.98 Å². The van der Waals surface area contributed by atoms with Crippen molar-refractivity contribution in [1.82, 2.24) is 20.1 Å². The number of aromatic amines is 1. The van der Waals surface area contributed by atoms with Gasteiger partial charge >= 0.3 is 0 Å². The van der Waals surface area contributed by atoms with Gasteiger partial charge in [0.05, 0.1) is 0 Å². The number of H-pyrrole nitrogens is 1. The van der Waals surface area contributed by atoms with E-state index >= 15 is 0 Å². The molecule has 15 heavy (non-hydrogen) atoms. The average Bonchev–Trinajstić information content (AvgIpc) is 2.52. The molecule has 0 aromatic carbocycles. The Labute approximate surface area is 88.5 Å². The van der Waals surface area contributed by atoms with Crippen molar-refractivity contribution in [2.45, 2.75) is 6.41 Å². The monoisotopic (exact) mass is 218 g/mol. The van der Waals surface area contributed by atoms with Gasteiger partial charge in [-0.25, -0.2) is 5.10 Å². The van der Waals surface area contributed by atoms with E-state index in [0.29, 0.717) is 0 Å². The number of nitrogens with one attached hydrogen (secondary N) is 1. The van der Waals surface area contributed by atoms with Gasteiger partial charge in [0.25, 0.3) is 0 Å². The molecule has 1 aromatic rings. The number of rotatable bonds is 3. The summed E-state index contributed by atoms with van der Waals surface area (Å²) in [6.45, 7) is 0. The van der Waals surface area contributed by atoms with Crippen molar-refractivity contribution >= 4 is 11.9 Å². The van der Waals surface area contributed by atoms with Crippen molar-refractivity contribution in [1.29, 1.82) is 0 Å². The molecule has 0 saturated carbocycles. The molecule has 0 unspecified atom stereocenters. The van der Waals surface area contributed by atoms with Crippen molar-refractivity contribution in [3.8, 4) is 0 Å². The second kappa shape index (κ2) is 6.98. The van der Waals surface area contributed by atoms with Gasteiger partial charge in [0.15, 0.2) is 0 Å². The summed E-state index contributed by atoms with van der Waals surface area (Å²) in [6, 6.07) is 0. The van der Waals surface area contributed by atoms with Crippen LogP contribution in [0.2, 0.25) is 0 Å². The molecule has 0 spiro atoms. The molecular formula is C7H18N6O2. The minimum Gasteiger partial charge on any atom is -0.368 e. The number of hydrogen-bond donors (Lipinski definition) is 3. The first kappa shape index (κ1) is 13.6. The van der Waals surface area contributed by atoms with E-state index in [-0.39, 0.29) is 18.3 Å². The Bertz CT molecular complexity index is 243. The first-order valence-electron chi connectivity index (χ1n) is 4.16. The van der Waals surface area contributed by atoms with Crippen LogP contribution in [0.15, 0.2) is 0 Å². The molecule has 8 nitrogen and oxygen atoms in total. The lowest BCUT2D eigenvalue weighted by Crippen LogP contribution is -2.30. The van der Waals surface area contributed by atoms with E-state index in [1.807, 2.05) is 19.0 Å². The fourth-order valence-corrected chi connectivity index (χ4v) is 0.806. The van der Waals surface area contributed by atoms with Crippen molar-refractivity contribution in [2.75, 3.05) is 39.8 Å². The van der Waals surface area contributed by atoms with E-state index in [9.17, 15) is 0 Å². The maximum absolute atomic E-state index is 5.07. The summed E-state index contributed by atoms with van der Waals surface area (Å²) < 4.78 is 9.73. The largest absolute Gasteiger partial charge is 0.368 e. The molecule has 1 rings (SSSR count). The molecule has 0 saturated heterocycles. The van der Waals surface area contributed by atoms with Gasteiger partial charge in [0, 0.05) is 14.2 Å². The SMILES string of the molecule is COC(OC)N(C)C.Nc1n[nH]c(N)n1. The Morgan fingerprint density at radius 2 is 1.80 bits per heavy atom. The topological polar surface area (TPSA) is 115 Å². The third-order valence-electron chi connectivity index (χ3n) is 1.34. The van der Waals surface area contributed by atoms with Crippen LogP contribution in [0.3, 0.4) is 0 Å². The van der Waals surface area contributed by atoms with Crippen LogP contribution in [0.25, 0.3) is 0 Å². The summed E-state index contributed by atoms with van der Waals surface area (Å²) in [5, 5.41) is 5.79. The Hall–Kier alpha value is -1.38. The quantitative estimate of drug-likeness (QED) is 0.563. The number of nitrogens with zero attached hydrogens (tertiary/aromatic N) is 3. The van der Waals surface area contributed by atoms with E-state index in [1.165, 1.54) is 0 Å². The van der Waals surface area contributed by atoms with Gasteiger partial charge in [0.2, 0.25) is 18.3 Å². The molecule has 0 aliphatic rings. The van der Waals surface area contributed by atoms with E-state index in [0.717, 1.165) is 0 Å². The molecule has 1 heterocycles. The lowest BCUT2D eigenvalue weighted by molar-refractivity contribution is -0.179. The zero-order valence-corrected chi connectivity index (χ0v) is 9.39. The Balaban J connectivity index is 0.000000262. The normalized spacial score (nSPS) is 10.3. The summed E-state index contributed by atoms with van der Waals surface area (Å²) in [6.07, 6.45) is -0.213. The average molecular weight is 218 g/mol. The summed E-state index contributed by atoms with van der Waals surface area (Å²) in [4.78, 5) is 5.33. The number of anilines is 2. The van der Waals surface area contributed by atoms with Crippen LogP contribution in [0.4, 0.5) is 11.9 Å². The van der Waals surface area contributed by atoms with Crippen LogP contribution in [0, 0.1) is 0 Å². The van der Waals surface area contributed by atoms with E-state index in [1.54, 1.807) is 14.2 Å². The van der Waals surface area contributed by atoms with E-state index in [4.69, 9.17) is 20.9 Å². The molecule has 5 N–H and O–H groups in total. The highest BCUT2D eigenvalue weighted by Gasteiger charge is 2.04. The van der Waals surface area contributed by atoms with Crippen LogP contribution in [0.5, 0.6) is 0 Å². The fraction of sp³-hybridized carbons (Fsp3) is 0.714. The number of aromatic nitrogens is 3. The van der Waals surface area contributed by atoms with Gasteiger partial charge < -0.3 is 20.9 Å². The molecule has 1 aromatic heterocycles. The maximum Gasteiger partial charge on any atom is 0.241 e. The van der Waals surface area contributed by atoms with Crippen molar-refractivity contribution in [3.63, 3.8) is 0 Å². The fourth-order valence-electron chi connectivity index (χ4n) is 0.806. The Morgan fingerprint density at radius 1 is 1.27 bits per heavy atom. The molecule has 0 bridgehead atoms. The van der Waals surface area contributed by atoms with Gasteiger partial charge in [-0.15, -0.1) is 5.10 Å². The highest BCUT2D eigenvalue weighted by Crippen LogP contribution is 1.91. The number of nitrogen functional groups attached to an aromatic ring is 2. The molecule has 0 radical (unpaired) electrons. The molecule has 0 fully saturated rings. The van der Waals surface area contributed by atoms with Crippen molar-refractivity contribution < 1.29 is 9.47 Å². The Morgan fingerprint density at radius 3 is 1.87 bits per heavy atom. The molecule has 8 heteroatoms. The summed E-state index contributed by atoms with van der Waals surface area (Å²) >= 11 is 0. The standard InChI is InChI=1S/C5H13NO2.C2H5N5/c1-6(2)5(7-3)8-4;3-1-5-2(4)7-6-1/h5H,1-4H3;(H5,3,4,5,6,7). The molecule has 0 aliphatic heterocycles. The second-order valence-corrected chi connectivity index (χ2v) is 2.82. The van der Waals surface area contributed by atoms with Crippen LogP contribution < -0.4 is 11.5 Å². The lowest BCUT2D eigenvalue weighted by atomic mass is 10.9. The summed E-state index contributed by atoms with van der Waals surface area (Å²) in [7, 11) is 6.98. The Kier molecular flexibility index (Phi) is 6.34. The van der Waals surface area contributed by atoms with Crippen molar-refractivity contribution in [2.24, 2.45) is 0 Å². The van der Waals surface area contributed by atoms with Crippen LogP contribution in [0.1, 0.15) is 0 Å². The molecule has 0 atom stereocenters. The van der Waals surface area contributed by atoms with Crippen LogP contribution in [-0.4, -0.2) is 54.8 Å². The molecule has 0 amide bonds. The van der Waals surface area contributed by atoms with E-state index < -0.39 is 0 Å². The zero-order chi connectivity index (χ0) is 11.8. The molecular weight excluding hydrogens is 200 g/mol. The predicted octanol–water partition coefficient (Wildman–Crippen LogP) is -0.906. The smallest absolute Gasteiger partial charge is 0.241 e. The minimum atomic E-state index is -0.213. The van der Waals surface area contributed by atoms with Crippen molar-refractivity contribution in [3.05, 3.63) is 0 Å². The molecule has 88 valence electrons. The number of methoxy groups -OCH3 is 2. The van der Waals surface area contributed by atoms with E-state index in [2.05, 4.69) is 15.2 Å². The maximum atomic E-state index is 5.07. The number of hydrogen-bond acceptors (Lipinski definition) is 7. The highest BCUT2D eigenvalue weighted by molar-refractivity contribution is 5.23. The lowest BCUT2D eigenvalue weighted by Gasteiger charge is -2.19.